The van der Waals surface area contributed by atoms with Crippen molar-refractivity contribution in [3.05, 3.63) is 0 Å². The lowest BCUT2D eigenvalue weighted by Crippen LogP contribution is -2.43. The highest BCUT2D eigenvalue weighted by molar-refractivity contribution is 5.74. The number of aliphatic carboxylic acids is 1. The van der Waals surface area contributed by atoms with E-state index < -0.39 is 12.0 Å². The summed E-state index contributed by atoms with van der Waals surface area (Å²) in [4.78, 5) is 11.0. The fraction of sp³-hybridized carbons (Fsp3) is 0.818. The van der Waals surface area contributed by atoms with Gasteiger partial charge in [-0.1, -0.05) is 13.8 Å². The summed E-state index contributed by atoms with van der Waals surface area (Å²) in [5.74, 6) is -0.899. The first-order chi connectivity index (χ1) is 8.01. The van der Waals surface area contributed by atoms with Crippen LogP contribution >= 0.6 is 0 Å². The molecular weight excluding hydrogens is 220 g/mol. The number of rotatable bonds is 9. The fourth-order valence-electron chi connectivity index (χ4n) is 1.62. The Morgan fingerprint density at radius 3 is 2.41 bits per heavy atom. The van der Waals surface area contributed by atoms with Crippen molar-refractivity contribution < 1.29 is 9.90 Å². The van der Waals surface area contributed by atoms with Crippen LogP contribution in [0.4, 0.5) is 0 Å². The first kappa shape index (κ1) is 15.7. The number of hydrogen-bond acceptors (Lipinski definition) is 3. The molecule has 0 heterocycles. The van der Waals surface area contributed by atoms with E-state index in [0.29, 0.717) is 19.4 Å². The minimum absolute atomic E-state index is 0.0789. The molecule has 6 nitrogen and oxygen atoms in total. The van der Waals surface area contributed by atoms with E-state index in [2.05, 4.69) is 10.6 Å². The van der Waals surface area contributed by atoms with Gasteiger partial charge in [0.2, 0.25) is 0 Å². The molecule has 1 unspecified atom stereocenters. The van der Waals surface area contributed by atoms with Crippen LogP contribution in [-0.4, -0.2) is 35.7 Å². The lowest BCUT2D eigenvalue weighted by Gasteiger charge is -2.21. The minimum Gasteiger partial charge on any atom is -0.480 e. The molecule has 0 saturated heterocycles. The van der Waals surface area contributed by atoms with Crippen molar-refractivity contribution in [2.45, 2.75) is 51.6 Å². The summed E-state index contributed by atoms with van der Waals surface area (Å²) in [5, 5.41) is 21.8. The molecular formula is C11H24N4O2. The Bertz CT molecular complexity index is 242. The molecule has 0 aromatic heterocycles. The van der Waals surface area contributed by atoms with Crippen molar-refractivity contribution in [1.29, 1.82) is 5.41 Å². The Balaban J connectivity index is 3.98. The summed E-state index contributed by atoms with van der Waals surface area (Å²) in [6.07, 6.45) is 3.05. The molecule has 0 bridgehead atoms. The van der Waals surface area contributed by atoms with Gasteiger partial charge in [0.05, 0.1) is 0 Å². The molecule has 0 aromatic carbocycles. The van der Waals surface area contributed by atoms with Crippen LogP contribution in [0.3, 0.4) is 0 Å². The van der Waals surface area contributed by atoms with Crippen molar-refractivity contribution in [2.75, 3.05) is 6.54 Å². The van der Waals surface area contributed by atoms with Gasteiger partial charge < -0.3 is 21.5 Å². The predicted molar refractivity (Wildman–Crippen MR) is 68.1 cm³/mol. The van der Waals surface area contributed by atoms with Gasteiger partial charge in [-0.25, -0.2) is 0 Å². The highest BCUT2D eigenvalue weighted by atomic mass is 16.4. The zero-order valence-electron chi connectivity index (χ0n) is 10.6. The van der Waals surface area contributed by atoms with E-state index in [4.69, 9.17) is 16.2 Å². The number of guanidine groups is 1. The van der Waals surface area contributed by atoms with Crippen molar-refractivity contribution in [2.24, 2.45) is 5.73 Å². The first-order valence-electron chi connectivity index (χ1n) is 6.07. The molecule has 0 rings (SSSR count). The summed E-state index contributed by atoms with van der Waals surface area (Å²) in [5.41, 5.74) is 5.13. The van der Waals surface area contributed by atoms with Crippen LogP contribution in [0, 0.1) is 5.41 Å². The monoisotopic (exact) mass is 244 g/mol. The van der Waals surface area contributed by atoms with Gasteiger partial charge in [-0.2, -0.15) is 0 Å². The zero-order chi connectivity index (χ0) is 13.3. The van der Waals surface area contributed by atoms with Crippen LogP contribution in [0.1, 0.15) is 39.5 Å². The lowest BCUT2D eigenvalue weighted by molar-refractivity contribution is -0.139. The molecule has 0 spiro atoms. The number of hydrogen-bond donors (Lipinski definition) is 5. The van der Waals surface area contributed by atoms with Crippen LogP contribution in [0.5, 0.6) is 0 Å². The lowest BCUT2D eigenvalue weighted by atomic mass is 10.1. The van der Waals surface area contributed by atoms with Gasteiger partial charge in [0, 0.05) is 12.6 Å². The smallest absolute Gasteiger partial charge is 0.320 e. The predicted octanol–water partition coefficient (Wildman–Crippen LogP) is 0.481. The van der Waals surface area contributed by atoms with Gasteiger partial charge in [0.1, 0.15) is 6.04 Å². The number of carboxylic acid groups (broad SMARTS) is 1. The standard InChI is InChI=1S/C11H24N4O2/c1-3-8(4-2)15-9(10(16)17)6-5-7-14-11(12)13/h8-9,15H,3-7H2,1-2H3,(H,16,17)(H4,12,13,14). The maximum absolute atomic E-state index is 11.0. The summed E-state index contributed by atoms with van der Waals surface area (Å²) < 4.78 is 0. The third kappa shape index (κ3) is 7.57. The van der Waals surface area contributed by atoms with Gasteiger partial charge in [0.15, 0.2) is 5.96 Å². The third-order valence-electron chi connectivity index (χ3n) is 2.71. The third-order valence-corrected chi connectivity index (χ3v) is 2.71. The number of carbonyl (C=O) groups is 1. The molecule has 0 aromatic rings. The van der Waals surface area contributed by atoms with Crippen molar-refractivity contribution in [3.8, 4) is 0 Å². The Kier molecular flexibility index (Phi) is 8.13. The molecule has 6 heteroatoms. The second-order valence-corrected chi connectivity index (χ2v) is 4.05. The van der Waals surface area contributed by atoms with Gasteiger partial charge in [-0.05, 0) is 25.7 Å². The molecule has 0 amide bonds. The molecule has 0 saturated carbocycles. The van der Waals surface area contributed by atoms with Crippen LogP contribution in [-0.2, 0) is 4.79 Å². The quantitative estimate of drug-likeness (QED) is 0.230. The second-order valence-electron chi connectivity index (χ2n) is 4.05. The average Bonchev–Trinajstić information content (AvgIpc) is 2.27. The zero-order valence-corrected chi connectivity index (χ0v) is 10.6. The Hall–Kier alpha value is -1.30. The second kappa shape index (κ2) is 8.81. The molecule has 100 valence electrons. The summed E-state index contributed by atoms with van der Waals surface area (Å²) in [7, 11) is 0. The van der Waals surface area contributed by atoms with Crippen molar-refractivity contribution >= 4 is 11.9 Å². The number of carboxylic acids is 1. The highest BCUT2D eigenvalue weighted by Crippen LogP contribution is 2.03. The van der Waals surface area contributed by atoms with E-state index in [1.54, 1.807) is 0 Å². The van der Waals surface area contributed by atoms with E-state index in [1.807, 2.05) is 13.8 Å². The molecule has 6 N–H and O–H groups in total. The first-order valence-corrected chi connectivity index (χ1v) is 6.07. The van der Waals surface area contributed by atoms with E-state index in [-0.39, 0.29) is 12.0 Å². The summed E-state index contributed by atoms with van der Waals surface area (Å²) in [6, 6.07) is -0.273. The van der Waals surface area contributed by atoms with Gasteiger partial charge in [-0.3, -0.25) is 10.2 Å². The Morgan fingerprint density at radius 2 is 2.00 bits per heavy atom. The van der Waals surface area contributed by atoms with E-state index in [1.165, 1.54) is 0 Å². The topological polar surface area (TPSA) is 111 Å². The molecule has 0 aliphatic rings. The minimum atomic E-state index is -0.820. The molecule has 0 aliphatic carbocycles. The van der Waals surface area contributed by atoms with E-state index in [9.17, 15) is 4.79 Å². The van der Waals surface area contributed by atoms with Gasteiger partial charge in [0.25, 0.3) is 0 Å². The Labute approximate surface area is 102 Å². The van der Waals surface area contributed by atoms with E-state index >= 15 is 0 Å². The SMILES string of the molecule is CCC(CC)NC(CCCNC(=N)N)C(=O)O. The summed E-state index contributed by atoms with van der Waals surface area (Å²) in [6.45, 7) is 4.61. The Morgan fingerprint density at radius 1 is 1.41 bits per heavy atom. The molecule has 1 atom stereocenters. The van der Waals surface area contributed by atoms with Gasteiger partial charge >= 0.3 is 5.97 Å². The maximum atomic E-state index is 11.0. The largest absolute Gasteiger partial charge is 0.480 e. The van der Waals surface area contributed by atoms with Crippen LogP contribution < -0.4 is 16.4 Å². The van der Waals surface area contributed by atoms with Crippen LogP contribution in [0.2, 0.25) is 0 Å². The average molecular weight is 244 g/mol. The fourth-order valence-corrected chi connectivity index (χ4v) is 1.62. The molecule has 0 radical (unpaired) electrons. The number of nitrogens with two attached hydrogens (primary N) is 1. The van der Waals surface area contributed by atoms with Crippen molar-refractivity contribution in [1.82, 2.24) is 10.6 Å². The molecule has 17 heavy (non-hydrogen) atoms. The van der Waals surface area contributed by atoms with E-state index in [0.717, 1.165) is 12.8 Å². The maximum Gasteiger partial charge on any atom is 0.320 e. The molecule has 0 fully saturated rings. The van der Waals surface area contributed by atoms with Crippen molar-refractivity contribution in [3.63, 3.8) is 0 Å². The number of nitrogens with one attached hydrogen (secondary N) is 3. The normalized spacial score (nSPS) is 12.4. The highest BCUT2D eigenvalue weighted by Gasteiger charge is 2.19. The summed E-state index contributed by atoms with van der Waals surface area (Å²) >= 11 is 0. The van der Waals surface area contributed by atoms with Crippen LogP contribution in [0.15, 0.2) is 0 Å². The van der Waals surface area contributed by atoms with Crippen LogP contribution in [0.25, 0.3) is 0 Å². The molecule has 0 aliphatic heterocycles. The van der Waals surface area contributed by atoms with Gasteiger partial charge in [-0.15, -0.1) is 0 Å².